The first-order valence-electron chi connectivity index (χ1n) is 5.54. The van der Waals surface area contributed by atoms with Gasteiger partial charge in [-0.1, -0.05) is 24.3 Å². The third kappa shape index (κ3) is 1.49. The topological polar surface area (TPSA) is 57.5 Å². The number of phenolic OH excluding ortho intramolecular Hbond substituents is 2. The highest BCUT2D eigenvalue weighted by atomic mass is 16.3. The minimum atomic E-state index is -0.0620. The second-order valence-corrected chi connectivity index (χ2v) is 4.17. The van der Waals surface area contributed by atoms with Gasteiger partial charge in [-0.25, -0.2) is 0 Å². The van der Waals surface area contributed by atoms with Gasteiger partial charge in [-0.3, -0.25) is 4.79 Å². The molecule has 0 aliphatic heterocycles. The Balaban J connectivity index is 2.20. The van der Waals surface area contributed by atoms with Crippen molar-refractivity contribution in [3.05, 3.63) is 65.2 Å². The fraction of sp³-hybridized carbons (Fsp3) is 0. The molecule has 2 aromatic carbocycles. The first-order chi connectivity index (χ1) is 8.66. The predicted molar refractivity (Wildman–Crippen MR) is 67.6 cm³/mol. The van der Waals surface area contributed by atoms with Gasteiger partial charge >= 0.3 is 0 Å². The average Bonchev–Trinajstić information content (AvgIpc) is 2.68. The maximum absolute atomic E-state index is 11.8. The van der Waals surface area contributed by atoms with Gasteiger partial charge in [0, 0.05) is 17.2 Å². The standard InChI is InChI=1S/C15H10O3/c16-9-5-6-12(14(17)7-9)13-8-15(18)11-4-2-1-3-10(11)13/h1-8,16-17H. The molecule has 0 spiro atoms. The summed E-state index contributed by atoms with van der Waals surface area (Å²) in [5.74, 6) is -0.103. The van der Waals surface area contributed by atoms with Gasteiger partial charge in [-0.15, -0.1) is 0 Å². The fourth-order valence-corrected chi connectivity index (χ4v) is 2.19. The molecule has 1 aliphatic carbocycles. The molecule has 2 N–H and O–H groups in total. The van der Waals surface area contributed by atoms with Crippen LogP contribution in [0.25, 0.3) is 5.57 Å². The molecule has 0 heterocycles. The highest BCUT2D eigenvalue weighted by Gasteiger charge is 2.23. The largest absolute Gasteiger partial charge is 0.508 e. The smallest absolute Gasteiger partial charge is 0.187 e. The second kappa shape index (κ2) is 3.74. The Bertz CT molecular complexity index is 684. The summed E-state index contributed by atoms with van der Waals surface area (Å²) in [6.45, 7) is 0. The van der Waals surface area contributed by atoms with Crippen LogP contribution in [0.5, 0.6) is 11.5 Å². The third-order valence-electron chi connectivity index (χ3n) is 3.03. The minimum absolute atomic E-state index is 0.00513. The van der Waals surface area contributed by atoms with Crippen molar-refractivity contribution in [1.29, 1.82) is 0 Å². The van der Waals surface area contributed by atoms with Gasteiger partial charge in [0.15, 0.2) is 5.78 Å². The van der Waals surface area contributed by atoms with E-state index in [0.717, 1.165) is 5.56 Å². The average molecular weight is 238 g/mol. The Kier molecular flexibility index (Phi) is 2.20. The van der Waals surface area contributed by atoms with Crippen molar-refractivity contribution in [2.45, 2.75) is 0 Å². The van der Waals surface area contributed by atoms with Gasteiger partial charge in [0.25, 0.3) is 0 Å². The molecule has 0 aromatic heterocycles. The van der Waals surface area contributed by atoms with E-state index < -0.39 is 0 Å². The summed E-state index contributed by atoms with van der Waals surface area (Å²) in [6, 6.07) is 11.6. The Morgan fingerprint density at radius 1 is 0.833 bits per heavy atom. The molecular weight excluding hydrogens is 228 g/mol. The van der Waals surface area contributed by atoms with Crippen molar-refractivity contribution in [3.8, 4) is 11.5 Å². The highest BCUT2D eigenvalue weighted by molar-refractivity contribution is 6.19. The molecule has 0 atom stereocenters. The molecular formula is C15H10O3. The summed E-state index contributed by atoms with van der Waals surface area (Å²) >= 11 is 0. The number of rotatable bonds is 1. The maximum Gasteiger partial charge on any atom is 0.187 e. The molecule has 88 valence electrons. The van der Waals surface area contributed by atoms with Crippen LogP contribution in [0.1, 0.15) is 21.5 Å². The molecule has 0 saturated carbocycles. The van der Waals surface area contributed by atoms with E-state index in [9.17, 15) is 15.0 Å². The number of fused-ring (bicyclic) bond motifs is 1. The molecule has 0 bridgehead atoms. The zero-order valence-corrected chi connectivity index (χ0v) is 9.42. The lowest BCUT2D eigenvalue weighted by atomic mass is 9.98. The van der Waals surface area contributed by atoms with Crippen molar-refractivity contribution in [2.75, 3.05) is 0 Å². The first-order valence-corrected chi connectivity index (χ1v) is 5.54. The molecule has 1 aliphatic rings. The molecule has 2 aromatic rings. The highest BCUT2D eigenvalue weighted by Crippen LogP contribution is 2.37. The number of carbonyl (C=O) groups is 1. The van der Waals surface area contributed by atoms with Crippen LogP contribution < -0.4 is 0 Å². The number of ketones is 1. The number of allylic oxidation sites excluding steroid dienone is 1. The Labute approximate surface area is 104 Å². The van der Waals surface area contributed by atoms with Crippen molar-refractivity contribution in [2.24, 2.45) is 0 Å². The zero-order chi connectivity index (χ0) is 12.7. The van der Waals surface area contributed by atoms with E-state index in [1.807, 2.05) is 18.2 Å². The van der Waals surface area contributed by atoms with E-state index in [4.69, 9.17) is 0 Å². The number of carbonyl (C=O) groups excluding carboxylic acids is 1. The van der Waals surface area contributed by atoms with Gasteiger partial charge < -0.3 is 10.2 Å². The van der Waals surface area contributed by atoms with Gasteiger partial charge in [-0.05, 0) is 29.3 Å². The van der Waals surface area contributed by atoms with E-state index >= 15 is 0 Å². The van der Waals surface area contributed by atoms with Crippen molar-refractivity contribution in [3.63, 3.8) is 0 Å². The quantitative estimate of drug-likeness (QED) is 0.803. The van der Waals surface area contributed by atoms with E-state index in [-0.39, 0.29) is 17.3 Å². The maximum atomic E-state index is 11.8. The number of benzene rings is 2. The Morgan fingerprint density at radius 2 is 1.56 bits per heavy atom. The molecule has 0 amide bonds. The van der Waals surface area contributed by atoms with Crippen molar-refractivity contribution < 1.29 is 15.0 Å². The predicted octanol–water partition coefficient (Wildman–Crippen LogP) is 2.73. The van der Waals surface area contributed by atoms with Crippen LogP contribution in [0.4, 0.5) is 0 Å². The van der Waals surface area contributed by atoms with E-state index in [0.29, 0.717) is 16.7 Å². The number of hydrogen-bond acceptors (Lipinski definition) is 3. The van der Waals surface area contributed by atoms with Crippen LogP contribution in [0.3, 0.4) is 0 Å². The molecule has 0 saturated heterocycles. The van der Waals surface area contributed by atoms with Gasteiger partial charge in [0.1, 0.15) is 11.5 Å². The number of hydrogen-bond donors (Lipinski definition) is 2. The summed E-state index contributed by atoms with van der Waals surface area (Å²) in [5, 5.41) is 19.1. The molecule has 0 radical (unpaired) electrons. The molecule has 3 nitrogen and oxygen atoms in total. The summed E-state index contributed by atoms with van der Waals surface area (Å²) in [5.41, 5.74) is 2.68. The van der Waals surface area contributed by atoms with Gasteiger partial charge in [0.05, 0.1) is 0 Å². The van der Waals surface area contributed by atoms with Crippen LogP contribution in [0, 0.1) is 0 Å². The lowest BCUT2D eigenvalue weighted by Crippen LogP contribution is -1.90. The first kappa shape index (κ1) is 10.6. The number of phenols is 2. The van der Waals surface area contributed by atoms with E-state index in [1.54, 1.807) is 12.1 Å². The monoisotopic (exact) mass is 238 g/mol. The van der Waals surface area contributed by atoms with Crippen LogP contribution in [-0.2, 0) is 0 Å². The van der Waals surface area contributed by atoms with Gasteiger partial charge in [0.2, 0.25) is 0 Å². The fourth-order valence-electron chi connectivity index (χ4n) is 2.19. The summed E-state index contributed by atoms with van der Waals surface area (Å²) in [6.07, 6.45) is 1.51. The normalized spacial score (nSPS) is 13.3. The molecule has 0 fully saturated rings. The van der Waals surface area contributed by atoms with E-state index in [1.165, 1.54) is 18.2 Å². The Morgan fingerprint density at radius 3 is 2.28 bits per heavy atom. The number of aromatic hydroxyl groups is 2. The molecule has 3 heteroatoms. The second-order valence-electron chi connectivity index (χ2n) is 4.17. The molecule has 3 rings (SSSR count). The zero-order valence-electron chi connectivity index (χ0n) is 9.42. The lowest BCUT2D eigenvalue weighted by molar-refractivity contribution is 0.105. The minimum Gasteiger partial charge on any atom is -0.508 e. The van der Waals surface area contributed by atoms with Crippen LogP contribution in [0.15, 0.2) is 48.5 Å². The van der Waals surface area contributed by atoms with E-state index in [2.05, 4.69) is 0 Å². The summed E-state index contributed by atoms with van der Waals surface area (Å²) < 4.78 is 0. The van der Waals surface area contributed by atoms with Crippen molar-refractivity contribution in [1.82, 2.24) is 0 Å². The summed E-state index contributed by atoms with van der Waals surface area (Å²) in [7, 11) is 0. The molecule has 0 unspecified atom stereocenters. The SMILES string of the molecule is O=C1C=C(c2ccc(O)cc2O)c2ccccc21. The van der Waals surface area contributed by atoms with Crippen LogP contribution >= 0.6 is 0 Å². The van der Waals surface area contributed by atoms with Crippen molar-refractivity contribution >= 4 is 11.4 Å². The van der Waals surface area contributed by atoms with Gasteiger partial charge in [-0.2, -0.15) is 0 Å². The Hall–Kier alpha value is -2.55. The molecule has 18 heavy (non-hydrogen) atoms. The van der Waals surface area contributed by atoms with Crippen LogP contribution in [0.2, 0.25) is 0 Å². The lowest BCUT2D eigenvalue weighted by Gasteiger charge is -2.07. The third-order valence-corrected chi connectivity index (χ3v) is 3.03. The summed E-state index contributed by atoms with van der Waals surface area (Å²) in [4.78, 5) is 11.8. The van der Waals surface area contributed by atoms with Crippen LogP contribution in [-0.4, -0.2) is 16.0 Å².